The van der Waals surface area contributed by atoms with Gasteiger partial charge in [-0.1, -0.05) is 45.8 Å². The number of carbonyl (C=O) groups is 1. The average Bonchev–Trinajstić information content (AvgIpc) is 2.75. The zero-order valence-corrected chi connectivity index (χ0v) is 20.8. The fraction of sp³-hybridized carbons (Fsp3) is 0.136. The van der Waals surface area contributed by atoms with Crippen molar-refractivity contribution < 1.29 is 21.6 Å². The van der Waals surface area contributed by atoms with Gasteiger partial charge in [-0.3, -0.25) is 0 Å². The van der Waals surface area contributed by atoms with E-state index in [0.29, 0.717) is 12.1 Å². The minimum Gasteiger partial charge on any atom is -0.307 e. The Balaban J connectivity index is 1.55. The monoisotopic (exact) mass is 551 g/mol. The average molecular weight is 552 g/mol. The van der Waals surface area contributed by atoms with Gasteiger partial charge < -0.3 is 5.32 Å². The molecule has 0 atom stereocenters. The van der Waals surface area contributed by atoms with Gasteiger partial charge >= 0.3 is 6.03 Å². The Bertz CT molecular complexity index is 1320. The van der Waals surface area contributed by atoms with Crippen LogP contribution in [0.25, 0.3) is 0 Å². The highest BCUT2D eigenvalue weighted by Crippen LogP contribution is 2.15. The minimum absolute atomic E-state index is 0.0826. The third-order valence-corrected chi connectivity index (χ3v) is 7.95. The quantitative estimate of drug-likeness (QED) is 0.393. The van der Waals surface area contributed by atoms with Crippen molar-refractivity contribution in [1.82, 2.24) is 9.44 Å². The van der Waals surface area contributed by atoms with Crippen LogP contribution in [0.15, 0.2) is 87.1 Å². The number of carbonyl (C=O) groups excluding carboxylic acids is 1. The van der Waals surface area contributed by atoms with E-state index in [1.165, 1.54) is 24.3 Å². The Morgan fingerprint density at radius 3 is 1.94 bits per heavy atom. The number of sulfonamides is 2. The molecule has 3 aromatic rings. The number of hydrogen-bond donors (Lipinski definition) is 3. The van der Waals surface area contributed by atoms with Gasteiger partial charge in [-0.15, -0.1) is 0 Å². The van der Waals surface area contributed by atoms with Crippen molar-refractivity contribution in [3.63, 3.8) is 0 Å². The molecule has 3 rings (SSSR count). The summed E-state index contributed by atoms with van der Waals surface area (Å²) in [6.45, 7) is 2.04. The van der Waals surface area contributed by atoms with Crippen molar-refractivity contribution in [3.05, 3.63) is 88.4 Å². The Morgan fingerprint density at radius 1 is 0.788 bits per heavy atom. The normalized spacial score (nSPS) is 11.7. The number of benzene rings is 3. The van der Waals surface area contributed by atoms with E-state index in [2.05, 4.69) is 26.0 Å². The molecule has 2 amide bonds. The first-order chi connectivity index (χ1) is 15.5. The van der Waals surface area contributed by atoms with Crippen LogP contribution in [0, 0.1) is 6.92 Å². The van der Waals surface area contributed by atoms with Crippen molar-refractivity contribution in [3.8, 4) is 0 Å². The first-order valence-electron chi connectivity index (χ1n) is 9.80. The maximum Gasteiger partial charge on any atom is 0.333 e. The summed E-state index contributed by atoms with van der Waals surface area (Å²) in [6, 6.07) is 18.2. The molecule has 0 saturated heterocycles. The second-order valence-corrected chi connectivity index (χ2v) is 11.5. The zero-order chi connectivity index (χ0) is 24.1. The second-order valence-electron chi connectivity index (χ2n) is 7.17. The molecule has 0 aliphatic carbocycles. The maximum atomic E-state index is 12.5. The molecule has 0 fully saturated rings. The number of rotatable bonds is 8. The number of nitrogens with one attached hydrogen (secondary N) is 3. The Labute approximate surface area is 201 Å². The molecule has 0 aliphatic rings. The lowest BCUT2D eigenvalue weighted by Crippen LogP contribution is -2.34. The van der Waals surface area contributed by atoms with Crippen LogP contribution in [0.2, 0.25) is 0 Å². The maximum absolute atomic E-state index is 12.5. The summed E-state index contributed by atoms with van der Waals surface area (Å²) in [4.78, 5) is 12.1. The van der Waals surface area contributed by atoms with Gasteiger partial charge in [0.2, 0.25) is 10.0 Å². The van der Waals surface area contributed by atoms with Gasteiger partial charge in [-0.2, -0.15) is 0 Å². The summed E-state index contributed by atoms with van der Waals surface area (Å²) in [7, 11) is -7.71. The fourth-order valence-corrected chi connectivity index (χ4v) is 5.04. The third-order valence-electron chi connectivity index (χ3n) is 4.60. The van der Waals surface area contributed by atoms with Crippen LogP contribution in [0.3, 0.4) is 0 Å². The molecule has 8 nitrogen and oxygen atoms in total. The van der Waals surface area contributed by atoms with E-state index in [1.54, 1.807) is 48.5 Å². The van der Waals surface area contributed by atoms with Gasteiger partial charge in [-0.25, -0.2) is 31.1 Å². The SMILES string of the molecule is Cc1ccc(NC(=O)NS(=O)(=O)c2ccc(CCNS(=O)(=O)c3ccc(Br)cc3)cc2)cc1. The van der Waals surface area contributed by atoms with Crippen molar-refractivity contribution in [2.24, 2.45) is 0 Å². The zero-order valence-electron chi connectivity index (χ0n) is 17.6. The number of hydrogen-bond acceptors (Lipinski definition) is 5. The van der Waals surface area contributed by atoms with Crippen molar-refractivity contribution in [2.45, 2.75) is 23.1 Å². The van der Waals surface area contributed by atoms with E-state index < -0.39 is 26.1 Å². The Hall–Kier alpha value is -2.73. The third kappa shape index (κ3) is 7.13. The van der Waals surface area contributed by atoms with E-state index in [-0.39, 0.29) is 16.3 Å². The van der Waals surface area contributed by atoms with E-state index in [9.17, 15) is 21.6 Å². The van der Waals surface area contributed by atoms with Crippen molar-refractivity contribution in [1.29, 1.82) is 0 Å². The summed E-state index contributed by atoms with van der Waals surface area (Å²) in [6.07, 6.45) is 0.359. The smallest absolute Gasteiger partial charge is 0.307 e. The van der Waals surface area contributed by atoms with Crippen LogP contribution in [0.5, 0.6) is 0 Å². The number of halogens is 1. The van der Waals surface area contributed by atoms with Gasteiger partial charge in [0.1, 0.15) is 0 Å². The Kier molecular flexibility index (Phi) is 7.90. The molecule has 174 valence electrons. The lowest BCUT2D eigenvalue weighted by molar-refractivity contribution is 0.256. The molecular weight excluding hydrogens is 530 g/mol. The van der Waals surface area contributed by atoms with Crippen LogP contribution in [-0.4, -0.2) is 29.4 Å². The van der Waals surface area contributed by atoms with Crippen LogP contribution in [0.1, 0.15) is 11.1 Å². The highest BCUT2D eigenvalue weighted by molar-refractivity contribution is 9.10. The van der Waals surface area contributed by atoms with Crippen molar-refractivity contribution in [2.75, 3.05) is 11.9 Å². The number of anilines is 1. The summed E-state index contributed by atoms with van der Waals surface area (Å²) >= 11 is 3.26. The molecule has 11 heteroatoms. The van der Waals surface area contributed by atoms with Gasteiger partial charge in [0, 0.05) is 16.7 Å². The standard InChI is InChI=1S/C22H22BrN3O5S2/c1-16-2-8-19(9-3-16)25-22(27)26-33(30,31)21-10-4-17(5-11-21)14-15-24-32(28,29)20-12-6-18(23)7-13-20/h2-13,24H,14-15H2,1H3,(H2,25,26,27). The molecule has 0 saturated carbocycles. The van der Waals surface area contributed by atoms with Gasteiger partial charge in [-0.05, 0) is 67.4 Å². The molecule has 0 unspecified atom stereocenters. The molecule has 33 heavy (non-hydrogen) atoms. The first-order valence-corrected chi connectivity index (χ1v) is 13.6. The minimum atomic E-state index is -4.07. The second kappa shape index (κ2) is 10.5. The van der Waals surface area contributed by atoms with E-state index in [1.807, 2.05) is 11.6 Å². The lowest BCUT2D eigenvalue weighted by atomic mass is 10.2. The number of urea groups is 1. The summed E-state index contributed by atoms with van der Waals surface area (Å²) in [5.41, 5.74) is 2.21. The van der Waals surface area contributed by atoms with Crippen molar-refractivity contribution >= 4 is 47.7 Å². The predicted molar refractivity (Wildman–Crippen MR) is 130 cm³/mol. The Morgan fingerprint density at radius 2 is 1.33 bits per heavy atom. The number of aryl methyl sites for hydroxylation is 1. The number of amides is 2. The van der Waals surface area contributed by atoms with Crippen LogP contribution < -0.4 is 14.8 Å². The van der Waals surface area contributed by atoms with Crippen LogP contribution >= 0.6 is 15.9 Å². The highest BCUT2D eigenvalue weighted by atomic mass is 79.9. The topological polar surface area (TPSA) is 121 Å². The molecule has 3 N–H and O–H groups in total. The molecule has 3 aromatic carbocycles. The van der Waals surface area contributed by atoms with Crippen LogP contribution in [-0.2, 0) is 26.5 Å². The largest absolute Gasteiger partial charge is 0.333 e. The molecule has 0 aliphatic heterocycles. The van der Waals surface area contributed by atoms with Gasteiger partial charge in [0.05, 0.1) is 9.79 Å². The lowest BCUT2D eigenvalue weighted by Gasteiger charge is -2.10. The summed E-state index contributed by atoms with van der Waals surface area (Å²) < 4.78 is 54.8. The molecule has 0 radical (unpaired) electrons. The molecule has 0 bridgehead atoms. The van der Waals surface area contributed by atoms with E-state index >= 15 is 0 Å². The molecular formula is C22H22BrN3O5S2. The summed E-state index contributed by atoms with van der Waals surface area (Å²) in [5.74, 6) is 0. The molecule has 0 aromatic heterocycles. The summed E-state index contributed by atoms with van der Waals surface area (Å²) in [5, 5.41) is 2.47. The molecule has 0 spiro atoms. The highest BCUT2D eigenvalue weighted by Gasteiger charge is 2.18. The van der Waals surface area contributed by atoms with Crippen LogP contribution in [0.4, 0.5) is 10.5 Å². The fourth-order valence-electron chi connectivity index (χ4n) is 2.84. The molecule has 0 heterocycles. The van der Waals surface area contributed by atoms with E-state index in [0.717, 1.165) is 15.6 Å². The predicted octanol–water partition coefficient (Wildman–Crippen LogP) is 3.79. The van der Waals surface area contributed by atoms with Gasteiger partial charge in [0.15, 0.2) is 0 Å². The van der Waals surface area contributed by atoms with Gasteiger partial charge in [0.25, 0.3) is 10.0 Å². The van der Waals surface area contributed by atoms with E-state index in [4.69, 9.17) is 0 Å². The first kappa shape index (κ1) is 24.9.